The van der Waals surface area contributed by atoms with Gasteiger partial charge in [-0.1, -0.05) is 0 Å². The Morgan fingerprint density at radius 1 is 1.00 bits per heavy atom. The maximum absolute atomic E-state index is 13.9. The largest absolute Gasteiger partial charge is 0.433 e. The van der Waals surface area contributed by atoms with Crippen LogP contribution in [0.15, 0.2) is 0 Å². The fraction of sp³-hybridized carbons (Fsp3) is 0.842. The van der Waals surface area contributed by atoms with Crippen LogP contribution in [0.4, 0.5) is 17.6 Å². The van der Waals surface area contributed by atoms with E-state index in [2.05, 4.69) is 5.10 Å². The zero-order chi connectivity index (χ0) is 20.7. The second kappa shape index (κ2) is 7.95. The standard InChI is InChI=1S/C19H28F4N2O2S/c1-3-25-18(19(21,22)23)16(12-4-8-14(20)9-5-12)17(24-25)13-6-10-15(11-7-13)28(2,26)27/h12-15H,3-11H2,1-2H3. The molecular formula is C19H28F4N2O2S. The lowest BCUT2D eigenvalue weighted by atomic mass is 9.77. The lowest BCUT2D eigenvalue weighted by molar-refractivity contribution is -0.145. The molecular weight excluding hydrogens is 396 g/mol. The average Bonchev–Trinajstić information content (AvgIpc) is 3.02. The number of rotatable bonds is 4. The topological polar surface area (TPSA) is 52.0 Å². The summed E-state index contributed by atoms with van der Waals surface area (Å²) >= 11 is 0. The Kier molecular flexibility index (Phi) is 6.13. The SMILES string of the molecule is CCn1nc(C2CCC(S(C)(=O)=O)CC2)c(C2CCC(F)CC2)c1C(F)(F)F. The Bertz CT molecular complexity index is 788. The molecule has 3 rings (SSSR count). The molecule has 2 aliphatic rings. The van der Waals surface area contributed by atoms with E-state index in [9.17, 15) is 26.0 Å². The van der Waals surface area contributed by atoms with Gasteiger partial charge >= 0.3 is 6.18 Å². The molecule has 0 unspecified atom stereocenters. The summed E-state index contributed by atoms with van der Waals surface area (Å²) in [6.45, 7) is 1.74. The third-order valence-corrected chi connectivity index (χ3v) is 8.00. The lowest BCUT2D eigenvalue weighted by Crippen LogP contribution is -2.26. The Labute approximate surface area is 163 Å². The van der Waals surface area contributed by atoms with Crippen LogP contribution in [0.25, 0.3) is 0 Å². The van der Waals surface area contributed by atoms with Crippen LogP contribution < -0.4 is 0 Å². The van der Waals surface area contributed by atoms with Gasteiger partial charge in [-0.2, -0.15) is 18.3 Å². The molecule has 2 saturated carbocycles. The first-order valence-corrected chi connectivity index (χ1v) is 12.0. The van der Waals surface area contributed by atoms with E-state index in [0.717, 1.165) is 4.68 Å². The van der Waals surface area contributed by atoms with Gasteiger partial charge in [0, 0.05) is 24.3 Å². The highest BCUT2D eigenvalue weighted by Crippen LogP contribution is 2.47. The molecule has 0 N–H and O–H groups in total. The summed E-state index contributed by atoms with van der Waals surface area (Å²) in [6, 6.07) is 0. The number of aryl methyl sites for hydroxylation is 1. The van der Waals surface area contributed by atoms with E-state index in [0.29, 0.717) is 44.2 Å². The zero-order valence-electron chi connectivity index (χ0n) is 16.3. The molecule has 0 saturated heterocycles. The summed E-state index contributed by atoms with van der Waals surface area (Å²) in [5, 5.41) is 3.93. The maximum Gasteiger partial charge on any atom is 0.433 e. The molecule has 0 aliphatic heterocycles. The smallest absolute Gasteiger partial charge is 0.260 e. The quantitative estimate of drug-likeness (QED) is 0.640. The van der Waals surface area contributed by atoms with Crippen molar-refractivity contribution in [2.75, 3.05) is 6.26 Å². The van der Waals surface area contributed by atoms with Crippen molar-refractivity contribution in [3.05, 3.63) is 17.0 Å². The summed E-state index contributed by atoms with van der Waals surface area (Å²) in [6.07, 6.45) is -0.987. The Balaban J connectivity index is 1.98. The Morgan fingerprint density at radius 2 is 1.54 bits per heavy atom. The van der Waals surface area contributed by atoms with Crippen LogP contribution in [-0.4, -0.2) is 35.9 Å². The molecule has 4 nitrogen and oxygen atoms in total. The molecule has 2 fully saturated rings. The van der Waals surface area contributed by atoms with E-state index in [1.807, 2.05) is 0 Å². The van der Waals surface area contributed by atoms with Crippen molar-refractivity contribution in [1.29, 1.82) is 0 Å². The summed E-state index contributed by atoms with van der Waals surface area (Å²) in [5.74, 6) is -0.517. The number of halogens is 4. The van der Waals surface area contributed by atoms with Crippen LogP contribution in [0.3, 0.4) is 0 Å². The van der Waals surface area contributed by atoms with Gasteiger partial charge in [0.1, 0.15) is 21.7 Å². The monoisotopic (exact) mass is 424 g/mol. The molecule has 9 heteroatoms. The lowest BCUT2D eigenvalue weighted by Gasteiger charge is -2.30. The minimum atomic E-state index is -4.52. The van der Waals surface area contributed by atoms with E-state index in [4.69, 9.17) is 0 Å². The van der Waals surface area contributed by atoms with E-state index < -0.39 is 33.1 Å². The van der Waals surface area contributed by atoms with Crippen LogP contribution in [-0.2, 0) is 22.6 Å². The molecule has 2 aliphatic carbocycles. The minimum absolute atomic E-state index is 0.110. The van der Waals surface area contributed by atoms with E-state index >= 15 is 0 Å². The summed E-state index contributed by atoms with van der Waals surface area (Å²) in [7, 11) is -3.15. The van der Waals surface area contributed by atoms with E-state index in [-0.39, 0.29) is 36.8 Å². The molecule has 0 amide bonds. The molecule has 160 valence electrons. The predicted molar refractivity (Wildman–Crippen MR) is 98.8 cm³/mol. The van der Waals surface area contributed by atoms with Gasteiger partial charge in [-0.3, -0.25) is 4.68 Å². The fourth-order valence-electron chi connectivity index (χ4n) is 4.83. The summed E-state index contributed by atoms with van der Waals surface area (Å²) in [5.41, 5.74) is 0.00466. The molecule has 0 aromatic carbocycles. The van der Waals surface area contributed by atoms with Crippen molar-refractivity contribution < 1.29 is 26.0 Å². The second-order valence-electron chi connectivity index (χ2n) is 8.21. The molecule has 28 heavy (non-hydrogen) atoms. The summed E-state index contributed by atoms with van der Waals surface area (Å²) in [4.78, 5) is 0. The molecule has 1 aromatic heterocycles. The van der Waals surface area contributed by atoms with Gasteiger partial charge in [0.15, 0.2) is 0 Å². The Morgan fingerprint density at radius 3 is 2.00 bits per heavy atom. The van der Waals surface area contributed by atoms with Gasteiger partial charge < -0.3 is 0 Å². The molecule has 1 heterocycles. The van der Waals surface area contributed by atoms with Crippen molar-refractivity contribution in [3.63, 3.8) is 0 Å². The molecule has 1 aromatic rings. The predicted octanol–water partition coefficient (Wildman–Crippen LogP) is 4.99. The molecule has 0 bridgehead atoms. The first-order chi connectivity index (χ1) is 13.0. The van der Waals surface area contributed by atoms with Gasteiger partial charge in [-0.05, 0) is 64.2 Å². The summed E-state index contributed by atoms with van der Waals surface area (Å²) < 4.78 is 80.0. The third kappa shape index (κ3) is 4.39. The number of hydrogen-bond acceptors (Lipinski definition) is 3. The highest BCUT2D eigenvalue weighted by molar-refractivity contribution is 7.91. The van der Waals surface area contributed by atoms with Gasteiger partial charge in [0.25, 0.3) is 0 Å². The minimum Gasteiger partial charge on any atom is -0.260 e. The molecule has 0 spiro atoms. The highest BCUT2D eigenvalue weighted by atomic mass is 32.2. The van der Waals surface area contributed by atoms with E-state index in [1.54, 1.807) is 6.92 Å². The maximum atomic E-state index is 13.9. The zero-order valence-corrected chi connectivity index (χ0v) is 17.1. The van der Waals surface area contributed by atoms with Gasteiger partial charge in [0.2, 0.25) is 0 Å². The Hall–Kier alpha value is -1.12. The second-order valence-corrected chi connectivity index (χ2v) is 10.5. The van der Waals surface area contributed by atoms with Crippen LogP contribution in [0.5, 0.6) is 0 Å². The number of aromatic nitrogens is 2. The fourth-order valence-corrected chi connectivity index (χ4v) is 5.96. The van der Waals surface area contributed by atoms with Crippen LogP contribution >= 0.6 is 0 Å². The molecule has 0 radical (unpaired) electrons. The normalized spacial score (nSPS) is 29.8. The van der Waals surface area contributed by atoms with Crippen molar-refractivity contribution in [2.24, 2.45) is 0 Å². The van der Waals surface area contributed by atoms with Gasteiger partial charge in [-0.15, -0.1) is 0 Å². The number of alkyl halides is 4. The number of nitrogens with zero attached hydrogens (tertiary/aromatic N) is 2. The first kappa shape index (κ1) is 21.6. The van der Waals surface area contributed by atoms with Crippen molar-refractivity contribution in [3.8, 4) is 0 Å². The van der Waals surface area contributed by atoms with Gasteiger partial charge in [-0.25, -0.2) is 12.8 Å². The third-order valence-electron chi connectivity index (χ3n) is 6.32. The van der Waals surface area contributed by atoms with E-state index in [1.165, 1.54) is 6.26 Å². The van der Waals surface area contributed by atoms with Crippen LogP contribution in [0.1, 0.15) is 87.1 Å². The van der Waals surface area contributed by atoms with Crippen LogP contribution in [0.2, 0.25) is 0 Å². The van der Waals surface area contributed by atoms with Crippen LogP contribution in [0, 0.1) is 0 Å². The molecule has 0 atom stereocenters. The van der Waals surface area contributed by atoms with Crippen molar-refractivity contribution >= 4 is 9.84 Å². The number of hydrogen-bond donors (Lipinski definition) is 0. The highest BCUT2D eigenvalue weighted by Gasteiger charge is 2.44. The number of sulfone groups is 1. The average molecular weight is 425 g/mol. The van der Waals surface area contributed by atoms with Gasteiger partial charge in [0.05, 0.1) is 10.9 Å². The first-order valence-electron chi connectivity index (χ1n) is 10.0. The van der Waals surface area contributed by atoms with Crippen molar-refractivity contribution in [2.45, 2.75) is 94.3 Å². The van der Waals surface area contributed by atoms with Crippen molar-refractivity contribution in [1.82, 2.24) is 9.78 Å².